The summed E-state index contributed by atoms with van der Waals surface area (Å²) in [5.41, 5.74) is 0.00196. The Hall–Kier alpha value is -3.14. The molecule has 2 aromatic rings. The number of ether oxygens (including phenoxy) is 2. The van der Waals surface area contributed by atoms with Crippen molar-refractivity contribution in [1.82, 2.24) is 0 Å². The van der Waals surface area contributed by atoms with Crippen LogP contribution in [-0.4, -0.2) is 33.7 Å². The van der Waals surface area contributed by atoms with Gasteiger partial charge < -0.3 is 14.6 Å². The Bertz CT molecular complexity index is 1000. The smallest absolute Gasteiger partial charge is 0.328 e. The third-order valence-corrected chi connectivity index (χ3v) is 4.73. The van der Waals surface area contributed by atoms with Crippen LogP contribution in [0.4, 0.5) is 14.5 Å². The Morgan fingerprint density at radius 1 is 1.11 bits per heavy atom. The molecule has 0 aromatic heterocycles. The Labute approximate surface area is 153 Å². The number of anilines is 1. The summed E-state index contributed by atoms with van der Waals surface area (Å²) in [5.74, 6) is -3.68. The quantitative estimate of drug-likeness (QED) is 0.694. The van der Waals surface area contributed by atoms with Gasteiger partial charge in [-0.05, 0) is 35.9 Å². The predicted molar refractivity (Wildman–Crippen MR) is 93.4 cm³/mol. The fourth-order valence-corrected chi connectivity index (χ4v) is 3.45. The molecule has 0 saturated carbocycles. The maximum atomic E-state index is 13.3. The molecule has 144 valence electrons. The van der Waals surface area contributed by atoms with Crippen molar-refractivity contribution < 1.29 is 36.6 Å². The molecule has 0 amide bonds. The highest BCUT2D eigenvalue weighted by Gasteiger charge is 2.24. The molecule has 0 radical (unpaired) electrons. The zero-order valence-electron chi connectivity index (χ0n) is 14.2. The largest absolute Gasteiger partial charge is 0.493 e. The highest BCUT2D eigenvalue weighted by molar-refractivity contribution is 7.92. The Morgan fingerprint density at radius 2 is 1.81 bits per heavy atom. The predicted octanol–water partition coefficient (Wildman–Crippen LogP) is 2.88. The molecule has 27 heavy (non-hydrogen) atoms. The van der Waals surface area contributed by atoms with Crippen LogP contribution in [0.3, 0.4) is 0 Å². The molecule has 2 N–H and O–H groups in total. The van der Waals surface area contributed by atoms with E-state index in [2.05, 4.69) is 4.72 Å². The van der Waals surface area contributed by atoms with E-state index in [1.54, 1.807) is 0 Å². The van der Waals surface area contributed by atoms with Gasteiger partial charge in [0.05, 0.1) is 19.9 Å². The second-order valence-corrected chi connectivity index (χ2v) is 6.81. The van der Waals surface area contributed by atoms with Crippen molar-refractivity contribution in [2.24, 2.45) is 0 Å². The number of hydrogen-bond acceptors (Lipinski definition) is 5. The van der Waals surface area contributed by atoms with Gasteiger partial charge in [0.2, 0.25) is 0 Å². The third-order valence-electron chi connectivity index (χ3n) is 3.35. The second kappa shape index (κ2) is 8.04. The maximum absolute atomic E-state index is 13.3. The number of hydrogen-bond donors (Lipinski definition) is 2. The molecule has 0 heterocycles. The molecule has 0 spiro atoms. The Morgan fingerprint density at radius 3 is 2.37 bits per heavy atom. The molecule has 0 atom stereocenters. The number of benzene rings is 2. The maximum Gasteiger partial charge on any atom is 0.328 e. The van der Waals surface area contributed by atoms with Crippen molar-refractivity contribution in [3.8, 4) is 11.5 Å². The minimum Gasteiger partial charge on any atom is -0.493 e. The number of rotatable bonds is 7. The lowest BCUT2D eigenvalue weighted by Crippen LogP contribution is -2.15. The first-order valence-corrected chi connectivity index (χ1v) is 8.81. The molecular weight excluding hydrogens is 384 g/mol. The van der Waals surface area contributed by atoms with E-state index in [-0.39, 0.29) is 27.6 Å². The van der Waals surface area contributed by atoms with E-state index < -0.39 is 27.6 Å². The van der Waals surface area contributed by atoms with Crippen LogP contribution in [0.5, 0.6) is 11.5 Å². The van der Waals surface area contributed by atoms with Crippen LogP contribution in [-0.2, 0) is 14.8 Å². The van der Waals surface area contributed by atoms with E-state index in [9.17, 15) is 22.0 Å². The van der Waals surface area contributed by atoms with E-state index in [0.29, 0.717) is 6.07 Å². The molecule has 0 fully saturated rings. The van der Waals surface area contributed by atoms with Crippen LogP contribution in [0.15, 0.2) is 41.3 Å². The average molecular weight is 399 g/mol. The van der Waals surface area contributed by atoms with Gasteiger partial charge >= 0.3 is 5.97 Å². The van der Waals surface area contributed by atoms with Crippen LogP contribution in [0.25, 0.3) is 6.08 Å². The van der Waals surface area contributed by atoms with Gasteiger partial charge in [-0.25, -0.2) is 22.0 Å². The molecule has 0 aliphatic heterocycles. The first-order chi connectivity index (χ1) is 12.7. The summed E-state index contributed by atoms with van der Waals surface area (Å²) in [6, 6.07) is 5.05. The fraction of sp³-hybridized carbons (Fsp3) is 0.118. The van der Waals surface area contributed by atoms with Crippen molar-refractivity contribution >= 4 is 27.8 Å². The monoisotopic (exact) mass is 399 g/mol. The van der Waals surface area contributed by atoms with Gasteiger partial charge in [-0.2, -0.15) is 0 Å². The lowest BCUT2D eigenvalue weighted by molar-refractivity contribution is -0.131. The first kappa shape index (κ1) is 20.2. The van der Waals surface area contributed by atoms with Gasteiger partial charge in [-0.3, -0.25) is 4.72 Å². The zero-order chi connectivity index (χ0) is 20.2. The number of aliphatic carboxylic acids is 1. The fourth-order valence-electron chi connectivity index (χ4n) is 2.18. The number of carboxylic acid groups (broad SMARTS) is 1. The lowest BCUT2D eigenvalue weighted by atomic mass is 10.2. The number of sulfonamides is 1. The third kappa shape index (κ3) is 4.73. The minimum absolute atomic E-state index is 0.0377. The number of halogens is 2. The number of carbonyl (C=O) groups is 1. The zero-order valence-corrected chi connectivity index (χ0v) is 15.0. The van der Waals surface area contributed by atoms with Crippen molar-refractivity contribution in [3.05, 3.63) is 53.6 Å². The van der Waals surface area contributed by atoms with Crippen molar-refractivity contribution in [2.45, 2.75) is 4.90 Å². The Kier molecular flexibility index (Phi) is 6.01. The van der Waals surface area contributed by atoms with E-state index in [1.165, 1.54) is 26.4 Å². The lowest BCUT2D eigenvalue weighted by Gasteiger charge is -2.15. The SMILES string of the molecule is COc1cc(C=CC(=O)O)cc(S(=O)(=O)Nc2ccc(F)c(F)c2)c1OC. The topological polar surface area (TPSA) is 102 Å². The standard InChI is InChI=1S/C17H15F2NO6S/c1-25-14-7-10(3-6-16(21)22)8-15(17(14)26-2)27(23,24)20-11-4-5-12(18)13(19)9-11/h3-9,20H,1-2H3,(H,21,22). The summed E-state index contributed by atoms with van der Waals surface area (Å²) in [7, 11) is -1.80. The normalized spacial score (nSPS) is 11.4. The molecule has 0 unspecified atom stereocenters. The number of nitrogens with one attached hydrogen (secondary N) is 1. The van der Waals surface area contributed by atoms with E-state index in [4.69, 9.17) is 14.6 Å². The summed E-state index contributed by atoms with van der Waals surface area (Å²) in [6.45, 7) is 0. The summed E-state index contributed by atoms with van der Waals surface area (Å²) >= 11 is 0. The summed E-state index contributed by atoms with van der Waals surface area (Å²) in [5, 5.41) is 8.73. The molecular formula is C17H15F2NO6S. The highest BCUT2D eigenvalue weighted by atomic mass is 32.2. The van der Waals surface area contributed by atoms with Crippen LogP contribution in [0, 0.1) is 11.6 Å². The number of carboxylic acids is 1. The minimum atomic E-state index is -4.30. The van der Waals surface area contributed by atoms with Gasteiger partial charge in [-0.15, -0.1) is 0 Å². The van der Waals surface area contributed by atoms with Crippen LogP contribution >= 0.6 is 0 Å². The molecule has 0 aliphatic carbocycles. The van der Waals surface area contributed by atoms with Crippen LogP contribution < -0.4 is 14.2 Å². The average Bonchev–Trinajstić information content (AvgIpc) is 2.61. The molecule has 0 saturated heterocycles. The Balaban J connectivity index is 2.56. The van der Waals surface area contributed by atoms with Crippen molar-refractivity contribution in [3.63, 3.8) is 0 Å². The van der Waals surface area contributed by atoms with Gasteiger partial charge in [0, 0.05) is 12.1 Å². The molecule has 2 rings (SSSR count). The summed E-state index contributed by atoms with van der Waals surface area (Å²) in [6.07, 6.45) is 1.99. The van der Waals surface area contributed by atoms with Gasteiger partial charge in [0.1, 0.15) is 4.90 Å². The van der Waals surface area contributed by atoms with Crippen LogP contribution in [0.1, 0.15) is 5.56 Å². The summed E-state index contributed by atoms with van der Waals surface area (Å²) in [4.78, 5) is 10.3. The van der Waals surface area contributed by atoms with Crippen LogP contribution in [0.2, 0.25) is 0 Å². The van der Waals surface area contributed by atoms with E-state index >= 15 is 0 Å². The molecule has 2 aromatic carbocycles. The van der Waals surface area contributed by atoms with Gasteiger partial charge in [0.15, 0.2) is 23.1 Å². The van der Waals surface area contributed by atoms with Gasteiger partial charge in [-0.1, -0.05) is 0 Å². The van der Waals surface area contributed by atoms with Crippen molar-refractivity contribution in [1.29, 1.82) is 0 Å². The summed E-state index contributed by atoms with van der Waals surface area (Å²) < 4.78 is 64.1. The second-order valence-electron chi connectivity index (χ2n) is 5.16. The number of methoxy groups -OCH3 is 2. The van der Waals surface area contributed by atoms with Gasteiger partial charge in [0.25, 0.3) is 10.0 Å². The first-order valence-electron chi connectivity index (χ1n) is 7.33. The molecule has 0 aliphatic rings. The van der Waals surface area contributed by atoms with Crippen molar-refractivity contribution in [2.75, 3.05) is 18.9 Å². The molecule has 10 heteroatoms. The molecule has 7 nitrogen and oxygen atoms in total. The van der Waals surface area contributed by atoms with E-state index in [1.807, 2.05) is 0 Å². The van der Waals surface area contributed by atoms with E-state index in [0.717, 1.165) is 24.3 Å². The molecule has 0 bridgehead atoms. The highest BCUT2D eigenvalue weighted by Crippen LogP contribution is 2.37.